The monoisotopic (exact) mass is 354 g/mol. The highest BCUT2D eigenvalue weighted by Crippen LogP contribution is 2.28. The average Bonchev–Trinajstić information content (AvgIpc) is 2.68. The molecule has 0 bridgehead atoms. The molecule has 138 valence electrons. The zero-order valence-corrected chi connectivity index (χ0v) is 15.7. The zero-order chi connectivity index (χ0) is 18.5. The number of benzene rings is 1. The fraction of sp³-hybridized carbons (Fsp3) is 0.400. The number of pyridine rings is 1. The quantitative estimate of drug-likeness (QED) is 0.895. The minimum Gasteiger partial charge on any atom is -0.495 e. The molecule has 1 aliphatic heterocycles. The molecule has 0 spiro atoms. The van der Waals surface area contributed by atoms with Gasteiger partial charge in [-0.25, -0.2) is 4.98 Å². The maximum Gasteiger partial charge on any atom is 0.254 e. The molecule has 1 N–H and O–H groups in total. The Balaban J connectivity index is 1.74. The molecule has 2 heterocycles. The Morgan fingerprint density at radius 3 is 2.65 bits per heavy atom. The van der Waals surface area contributed by atoms with E-state index in [4.69, 9.17) is 4.74 Å². The molecule has 0 unspecified atom stereocenters. The fourth-order valence-electron chi connectivity index (χ4n) is 3.14. The van der Waals surface area contributed by atoms with Crippen LogP contribution in [0.25, 0.3) is 0 Å². The van der Waals surface area contributed by atoms with Gasteiger partial charge < -0.3 is 19.9 Å². The summed E-state index contributed by atoms with van der Waals surface area (Å²) < 4.78 is 5.40. The summed E-state index contributed by atoms with van der Waals surface area (Å²) in [6.07, 6.45) is 1.67. The average molecular weight is 354 g/mol. The highest BCUT2D eigenvalue weighted by molar-refractivity contribution is 5.95. The summed E-state index contributed by atoms with van der Waals surface area (Å²) in [6.45, 7) is 8.60. The zero-order valence-electron chi connectivity index (χ0n) is 15.7. The molecule has 1 amide bonds. The molecule has 1 aromatic carbocycles. The highest BCUT2D eigenvalue weighted by atomic mass is 16.5. The van der Waals surface area contributed by atoms with Crippen LogP contribution < -0.4 is 10.1 Å². The van der Waals surface area contributed by atoms with E-state index in [0.29, 0.717) is 11.4 Å². The molecule has 6 heteroatoms. The lowest BCUT2D eigenvalue weighted by Gasteiger charge is -2.34. The third kappa shape index (κ3) is 4.14. The van der Waals surface area contributed by atoms with Crippen LogP contribution in [0.2, 0.25) is 0 Å². The van der Waals surface area contributed by atoms with Gasteiger partial charge in [0.1, 0.15) is 11.6 Å². The van der Waals surface area contributed by atoms with Crippen molar-refractivity contribution in [2.75, 3.05) is 45.2 Å². The van der Waals surface area contributed by atoms with Crippen LogP contribution in [0.3, 0.4) is 0 Å². The van der Waals surface area contributed by atoms with Crippen molar-refractivity contribution in [1.82, 2.24) is 14.8 Å². The number of nitrogens with zero attached hydrogens (tertiary/aromatic N) is 3. The Morgan fingerprint density at radius 1 is 1.19 bits per heavy atom. The first kappa shape index (κ1) is 18.2. The predicted molar refractivity (Wildman–Crippen MR) is 103 cm³/mol. The van der Waals surface area contributed by atoms with Gasteiger partial charge >= 0.3 is 0 Å². The molecule has 0 saturated carbocycles. The number of hydrogen-bond acceptors (Lipinski definition) is 5. The van der Waals surface area contributed by atoms with Gasteiger partial charge in [-0.1, -0.05) is 13.0 Å². The van der Waals surface area contributed by atoms with Gasteiger partial charge in [-0.15, -0.1) is 0 Å². The Labute approximate surface area is 154 Å². The third-order valence-corrected chi connectivity index (χ3v) is 4.73. The number of likely N-dealkylation sites (N-methyl/N-ethyl adjacent to an activating group) is 1. The van der Waals surface area contributed by atoms with E-state index in [1.54, 1.807) is 25.4 Å². The maximum atomic E-state index is 12.8. The number of rotatable bonds is 5. The number of hydrogen-bond donors (Lipinski definition) is 1. The second-order valence-corrected chi connectivity index (χ2v) is 6.48. The second-order valence-electron chi connectivity index (χ2n) is 6.48. The number of nitrogens with one attached hydrogen (secondary N) is 1. The molecule has 26 heavy (non-hydrogen) atoms. The highest BCUT2D eigenvalue weighted by Gasteiger charge is 2.21. The molecule has 1 fully saturated rings. The van der Waals surface area contributed by atoms with Crippen LogP contribution in [-0.2, 0) is 0 Å². The molecular weight excluding hydrogens is 328 g/mol. The van der Waals surface area contributed by atoms with E-state index in [0.717, 1.165) is 49.7 Å². The van der Waals surface area contributed by atoms with Gasteiger partial charge in [-0.3, -0.25) is 4.79 Å². The summed E-state index contributed by atoms with van der Waals surface area (Å²) in [6, 6.07) is 9.48. The van der Waals surface area contributed by atoms with Crippen molar-refractivity contribution in [3.63, 3.8) is 0 Å². The van der Waals surface area contributed by atoms with Crippen molar-refractivity contribution < 1.29 is 9.53 Å². The number of carbonyl (C=O) groups is 1. The van der Waals surface area contributed by atoms with Crippen molar-refractivity contribution in [3.8, 4) is 5.75 Å². The summed E-state index contributed by atoms with van der Waals surface area (Å²) in [5, 5.41) is 3.26. The summed E-state index contributed by atoms with van der Waals surface area (Å²) in [5.74, 6) is 1.43. The summed E-state index contributed by atoms with van der Waals surface area (Å²) in [7, 11) is 1.64. The summed E-state index contributed by atoms with van der Waals surface area (Å²) in [4.78, 5) is 21.4. The normalized spacial score (nSPS) is 15.0. The lowest BCUT2D eigenvalue weighted by atomic mass is 10.2. The van der Waals surface area contributed by atoms with Gasteiger partial charge in [-0.05, 0) is 43.3 Å². The van der Waals surface area contributed by atoms with E-state index in [1.807, 2.05) is 30.0 Å². The van der Waals surface area contributed by atoms with Crippen LogP contribution in [-0.4, -0.2) is 60.5 Å². The van der Waals surface area contributed by atoms with E-state index in [-0.39, 0.29) is 5.91 Å². The van der Waals surface area contributed by atoms with Crippen LogP contribution in [0.4, 0.5) is 11.5 Å². The van der Waals surface area contributed by atoms with E-state index < -0.39 is 0 Å². The Morgan fingerprint density at radius 2 is 1.96 bits per heavy atom. The summed E-state index contributed by atoms with van der Waals surface area (Å²) >= 11 is 0. The second kappa shape index (κ2) is 8.19. The lowest BCUT2D eigenvalue weighted by molar-refractivity contribution is 0.0643. The molecule has 0 aliphatic carbocycles. The van der Waals surface area contributed by atoms with Crippen molar-refractivity contribution in [3.05, 3.63) is 47.7 Å². The van der Waals surface area contributed by atoms with Crippen molar-refractivity contribution >= 4 is 17.4 Å². The molecule has 1 aromatic heterocycles. The maximum absolute atomic E-state index is 12.8. The van der Waals surface area contributed by atoms with Gasteiger partial charge in [0, 0.05) is 37.9 Å². The van der Waals surface area contributed by atoms with Crippen LogP contribution in [0.5, 0.6) is 5.75 Å². The minimum atomic E-state index is 0.0578. The fourth-order valence-corrected chi connectivity index (χ4v) is 3.14. The Bertz CT molecular complexity index is 770. The number of carbonyl (C=O) groups excluding carboxylic acids is 1. The number of amides is 1. The first-order chi connectivity index (χ1) is 12.6. The van der Waals surface area contributed by atoms with Crippen molar-refractivity contribution in [2.45, 2.75) is 13.8 Å². The molecule has 6 nitrogen and oxygen atoms in total. The standard InChI is InChI=1S/C20H26N4O2/c1-4-23-9-11-24(12-10-23)20(25)16-7-8-21-19(14-16)22-17-13-15(2)5-6-18(17)26-3/h5-8,13-14H,4,9-12H2,1-3H3,(H,21,22). The first-order valence-corrected chi connectivity index (χ1v) is 9.00. The largest absolute Gasteiger partial charge is 0.495 e. The van der Waals surface area contributed by atoms with Crippen LogP contribution in [0.15, 0.2) is 36.5 Å². The third-order valence-electron chi connectivity index (χ3n) is 4.73. The van der Waals surface area contributed by atoms with Gasteiger partial charge in [0.2, 0.25) is 0 Å². The molecule has 0 radical (unpaired) electrons. The molecule has 0 atom stereocenters. The molecule has 2 aromatic rings. The van der Waals surface area contributed by atoms with E-state index in [2.05, 4.69) is 22.1 Å². The molecule has 1 aliphatic rings. The van der Waals surface area contributed by atoms with Gasteiger partial charge in [0.05, 0.1) is 12.8 Å². The number of aryl methyl sites for hydroxylation is 1. The molecule has 1 saturated heterocycles. The topological polar surface area (TPSA) is 57.7 Å². The Kier molecular flexibility index (Phi) is 5.73. The lowest BCUT2D eigenvalue weighted by Crippen LogP contribution is -2.48. The van der Waals surface area contributed by atoms with Gasteiger partial charge in [0.25, 0.3) is 5.91 Å². The SMILES string of the molecule is CCN1CCN(C(=O)c2ccnc(Nc3cc(C)ccc3OC)c2)CC1. The van der Waals surface area contributed by atoms with E-state index in [9.17, 15) is 4.79 Å². The van der Waals surface area contributed by atoms with Crippen molar-refractivity contribution in [2.24, 2.45) is 0 Å². The summed E-state index contributed by atoms with van der Waals surface area (Å²) in [5.41, 5.74) is 2.61. The number of ether oxygens (including phenoxy) is 1. The molecule has 3 rings (SSSR count). The van der Waals surface area contributed by atoms with E-state index in [1.165, 1.54) is 0 Å². The predicted octanol–water partition coefficient (Wildman–Crippen LogP) is 2.92. The van der Waals surface area contributed by atoms with Crippen LogP contribution in [0, 0.1) is 6.92 Å². The van der Waals surface area contributed by atoms with Crippen LogP contribution >= 0.6 is 0 Å². The minimum absolute atomic E-state index is 0.0578. The number of methoxy groups -OCH3 is 1. The molecular formula is C20H26N4O2. The number of piperazine rings is 1. The smallest absolute Gasteiger partial charge is 0.254 e. The Hall–Kier alpha value is -2.60. The van der Waals surface area contributed by atoms with Crippen molar-refractivity contribution in [1.29, 1.82) is 0 Å². The number of anilines is 2. The van der Waals surface area contributed by atoms with Gasteiger partial charge in [0.15, 0.2) is 0 Å². The van der Waals surface area contributed by atoms with Crippen LogP contribution in [0.1, 0.15) is 22.8 Å². The first-order valence-electron chi connectivity index (χ1n) is 9.00. The number of aromatic nitrogens is 1. The van der Waals surface area contributed by atoms with E-state index >= 15 is 0 Å². The van der Waals surface area contributed by atoms with Gasteiger partial charge in [-0.2, -0.15) is 0 Å².